The van der Waals surface area contributed by atoms with Crippen LogP contribution in [0.15, 0.2) is 0 Å². The largest absolute Gasteiger partial charge is 0.379 e. The lowest BCUT2D eigenvalue weighted by Crippen LogP contribution is -2.52. The topological polar surface area (TPSA) is 31.4 Å². The Labute approximate surface area is 194 Å². The SMILES string of the molecule is CC(C)(C)N1CCOCC1.CC(C)(C)N1CCOCC1.CN1CCN(C(C)(C)C)CC1. The lowest BCUT2D eigenvalue weighted by Gasteiger charge is -2.41. The van der Waals surface area contributed by atoms with Gasteiger partial charge in [0.15, 0.2) is 0 Å². The summed E-state index contributed by atoms with van der Waals surface area (Å²) in [6.45, 7) is 33.2. The summed E-state index contributed by atoms with van der Waals surface area (Å²) in [5.74, 6) is 0. The second-order valence-electron chi connectivity index (χ2n) is 12.0. The number of hydrogen-bond acceptors (Lipinski definition) is 6. The Balaban J connectivity index is 0.000000233. The van der Waals surface area contributed by atoms with Crippen molar-refractivity contribution in [1.82, 2.24) is 19.6 Å². The van der Waals surface area contributed by atoms with E-state index in [2.05, 4.69) is 89.0 Å². The van der Waals surface area contributed by atoms with Crippen LogP contribution in [0.3, 0.4) is 0 Å². The molecule has 3 heterocycles. The molecule has 0 amide bonds. The molecule has 0 aromatic heterocycles. The van der Waals surface area contributed by atoms with Gasteiger partial charge in [-0.05, 0) is 69.4 Å². The van der Waals surface area contributed by atoms with Crippen molar-refractivity contribution in [2.24, 2.45) is 0 Å². The van der Waals surface area contributed by atoms with Crippen molar-refractivity contribution in [3.8, 4) is 0 Å². The van der Waals surface area contributed by atoms with Crippen LogP contribution < -0.4 is 0 Å². The minimum absolute atomic E-state index is 0.323. The number of hydrogen-bond donors (Lipinski definition) is 0. The molecule has 3 saturated heterocycles. The summed E-state index contributed by atoms with van der Waals surface area (Å²) < 4.78 is 10.5. The van der Waals surface area contributed by atoms with Crippen LogP contribution in [0.25, 0.3) is 0 Å². The molecule has 0 aromatic carbocycles. The molecule has 0 atom stereocenters. The van der Waals surface area contributed by atoms with Gasteiger partial charge in [0.05, 0.1) is 26.4 Å². The van der Waals surface area contributed by atoms with E-state index in [4.69, 9.17) is 9.47 Å². The van der Waals surface area contributed by atoms with Crippen LogP contribution in [0.2, 0.25) is 0 Å². The fourth-order valence-corrected chi connectivity index (χ4v) is 3.95. The Hall–Kier alpha value is -0.240. The summed E-state index contributed by atoms with van der Waals surface area (Å²) in [7, 11) is 2.19. The minimum Gasteiger partial charge on any atom is -0.379 e. The lowest BCUT2D eigenvalue weighted by molar-refractivity contribution is -0.00389. The van der Waals surface area contributed by atoms with Gasteiger partial charge in [-0.15, -0.1) is 0 Å². The summed E-state index contributed by atoms with van der Waals surface area (Å²) in [5.41, 5.74) is 1.01. The lowest BCUT2D eigenvalue weighted by atomic mass is 10.1. The Morgan fingerprint density at radius 2 is 0.677 bits per heavy atom. The Morgan fingerprint density at radius 3 is 0.903 bits per heavy atom. The van der Waals surface area contributed by atoms with E-state index < -0.39 is 0 Å². The summed E-state index contributed by atoms with van der Waals surface area (Å²) >= 11 is 0. The molecule has 0 aliphatic carbocycles. The fourth-order valence-electron chi connectivity index (χ4n) is 3.95. The number of rotatable bonds is 0. The van der Waals surface area contributed by atoms with E-state index in [1.54, 1.807) is 0 Å². The fraction of sp³-hybridized carbons (Fsp3) is 1.00. The molecule has 0 unspecified atom stereocenters. The quantitative estimate of drug-likeness (QED) is 0.572. The normalized spacial score (nSPS) is 23.4. The first-order chi connectivity index (χ1) is 14.2. The molecule has 0 bridgehead atoms. The van der Waals surface area contributed by atoms with Crippen LogP contribution in [-0.2, 0) is 9.47 Å². The maximum Gasteiger partial charge on any atom is 0.0594 e. The van der Waals surface area contributed by atoms with Gasteiger partial charge in [-0.25, -0.2) is 0 Å². The first kappa shape index (κ1) is 28.8. The third-order valence-corrected chi connectivity index (χ3v) is 6.37. The second kappa shape index (κ2) is 12.9. The monoisotopic (exact) mass is 442 g/mol. The first-order valence-electron chi connectivity index (χ1n) is 12.3. The van der Waals surface area contributed by atoms with Crippen LogP contribution >= 0.6 is 0 Å². The van der Waals surface area contributed by atoms with Crippen molar-refractivity contribution >= 4 is 0 Å². The molecule has 0 saturated carbocycles. The zero-order valence-electron chi connectivity index (χ0n) is 22.6. The van der Waals surface area contributed by atoms with Crippen molar-refractivity contribution in [3.05, 3.63) is 0 Å². The van der Waals surface area contributed by atoms with Crippen molar-refractivity contribution < 1.29 is 9.47 Å². The number of likely N-dealkylation sites (N-methyl/N-ethyl adjacent to an activating group) is 1. The van der Waals surface area contributed by atoms with Crippen LogP contribution in [0.4, 0.5) is 0 Å². The molecule has 31 heavy (non-hydrogen) atoms. The molecule has 0 N–H and O–H groups in total. The van der Waals surface area contributed by atoms with Gasteiger partial charge in [-0.2, -0.15) is 0 Å². The van der Waals surface area contributed by atoms with Crippen molar-refractivity contribution in [1.29, 1.82) is 0 Å². The van der Waals surface area contributed by atoms with Gasteiger partial charge in [-0.3, -0.25) is 14.7 Å². The maximum absolute atomic E-state index is 5.25. The second-order valence-corrected chi connectivity index (χ2v) is 12.0. The molecule has 186 valence electrons. The highest BCUT2D eigenvalue weighted by Gasteiger charge is 2.24. The van der Waals surface area contributed by atoms with Crippen LogP contribution in [0, 0.1) is 0 Å². The molecule has 0 radical (unpaired) electrons. The zero-order chi connectivity index (χ0) is 23.7. The standard InChI is InChI=1S/C9H20N2.2C8H17NO/c1-9(2,3)11-7-5-10(4)6-8-11;2*1-8(2,3)9-4-6-10-7-5-9/h5-8H2,1-4H3;2*4-7H2,1-3H3. The molecule has 6 heteroatoms. The summed E-state index contributed by atoms with van der Waals surface area (Å²) in [6.07, 6.45) is 0. The number of morpholine rings is 2. The van der Waals surface area contributed by atoms with Crippen LogP contribution in [0.5, 0.6) is 0 Å². The summed E-state index contributed by atoms with van der Waals surface area (Å²) in [6, 6.07) is 0. The smallest absolute Gasteiger partial charge is 0.0594 e. The number of nitrogens with zero attached hydrogens (tertiary/aromatic N) is 4. The van der Waals surface area contributed by atoms with Gasteiger partial charge in [0.2, 0.25) is 0 Å². The van der Waals surface area contributed by atoms with Crippen molar-refractivity contribution in [2.75, 3.05) is 85.8 Å². The summed E-state index contributed by atoms with van der Waals surface area (Å²) in [5, 5.41) is 0. The van der Waals surface area contributed by atoms with Gasteiger partial charge in [0.1, 0.15) is 0 Å². The molecular formula is C25H54N4O2. The van der Waals surface area contributed by atoms with E-state index in [0.717, 1.165) is 52.6 Å². The van der Waals surface area contributed by atoms with Gasteiger partial charge >= 0.3 is 0 Å². The molecule has 0 aromatic rings. The average Bonchev–Trinajstić information content (AvgIpc) is 2.69. The van der Waals surface area contributed by atoms with Crippen LogP contribution in [-0.4, -0.2) is 122 Å². The molecule has 3 aliphatic rings. The molecule has 6 nitrogen and oxygen atoms in total. The number of ether oxygens (including phenoxy) is 2. The molecular weight excluding hydrogens is 388 g/mol. The molecule has 0 spiro atoms. The van der Waals surface area contributed by atoms with Gasteiger partial charge in [-0.1, -0.05) is 0 Å². The Kier molecular flexibility index (Phi) is 11.9. The predicted molar refractivity (Wildman–Crippen MR) is 133 cm³/mol. The molecule has 3 fully saturated rings. The van der Waals surface area contributed by atoms with Crippen LogP contribution in [0.1, 0.15) is 62.3 Å². The van der Waals surface area contributed by atoms with E-state index in [1.165, 1.54) is 26.2 Å². The third-order valence-electron chi connectivity index (χ3n) is 6.37. The van der Waals surface area contributed by atoms with Gasteiger partial charge in [0, 0.05) is 69.0 Å². The minimum atomic E-state index is 0.323. The predicted octanol–water partition coefficient (Wildman–Crippen LogP) is 3.27. The highest BCUT2D eigenvalue weighted by Crippen LogP contribution is 2.15. The van der Waals surface area contributed by atoms with E-state index >= 15 is 0 Å². The van der Waals surface area contributed by atoms with E-state index in [0.29, 0.717) is 16.6 Å². The van der Waals surface area contributed by atoms with E-state index in [9.17, 15) is 0 Å². The number of piperazine rings is 1. The van der Waals surface area contributed by atoms with E-state index in [-0.39, 0.29) is 0 Å². The highest BCUT2D eigenvalue weighted by molar-refractivity contribution is 4.81. The highest BCUT2D eigenvalue weighted by atomic mass is 16.5. The van der Waals surface area contributed by atoms with E-state index in [1.807, 2.05) is 0 Å². The van der Waals surface area contributed by atoms with Crippen molar-refractivity contribution in [3.63, 3.8) is 0 Å². The van der Waals surface area contributed by atoms with Crippen molar-refractivity contribution in [2.45, 2.75) is 78.9 Å². The Morgan fingerprint density at radius 1 is 0.419 bits per heavy atom. The summed E-state index contributed by atoms with van der Waals surface area (Å²) in [4.78, 5) is 9.85. The maximum atomic E-state index is 5.25. The third kappa shape index (κ3) is 12.0. The van der Waals surface area contributed by atoms with Gasteiger partial charge < -0.3 is 14.4 Å². The molecule has 3 rings (SSSR count). The van der Waals surface area contributed by atoms with Gasteiger partial charge in [0.25, 0.3) is 0 Å². The average molecular weight is 443 g/mol. The first-order valence-corrected chi connectivity index (χ1v) is 12.3. The zero-order valence-corrected chi connectivity index (χ0v) is 22.6. The molecule has 3 aliphatic heterocycles. The Bertz CT molecular complexity index is 431.